The fraction of sp³-hybridized carbons (Fsp3) is 0.444. The molecule has 1 aliphatic heterocycles. The number of hydrogen-bond donors (Lipinski definition) is 1. The average molecular weight is 346 g/mol. The molecule has 6 heteroatoms. The molecule has 5 nitrogen and oxygen atoms in total. The minimum atomic E-state index is -0.0770. The van der Waals surface area contributed by atoms with Gasteiger partial charge in [-0.2, -0.15) is 5.10 Å². The Morgan fingerprint density at radius 1 is 1.25 bits per heavy atom. The summed E-state index contributed by atoms with van der Waals surface area (Å²) in [6, 6.07) is 9.79. The van der Waals surface area contributed by atoms with E-state index in [4.69, 9.17) is 16.3 Å². The first-order chi connectivity index (χ1) is 11.7. The van der Waals surface area contributed by atoms with Gasteiger partial charge >= 0.3 is 0 Å². The Kier molecular flexibility index (Phi) is 4.29. The molecule has 1 aromatic carbocycles. The fourth-order valence-electron chi connectivity index (χ4n) is 3.44. The molecule has 2 aliphatic rings. The summed E-state index contributed by atoms with van der Waals surface area (Å²) in [6.45, 7) is 1.06. The number of halogens is 1. The first kappa shape index (κ1) is 15.7. The number of benzene rings is 1. The zero-order valence-corrected chi connectivity index (χ0v) is 14.1. The van der Waals surface area contributed by atoms with Crippen LogP contribution in [0.25, 0.3) is 0 Å². The van der Waals surface area contributed by atoms with E-state index in [9.17, 15) is 4.79 Å². The second-order valence-corrected chi connectivity index (χ2v) is 6.95. The number of fused-ring (bicyclic) bond motifs is 1. The lowest BCUT2D eigenvalue weighted by molar-refractivity contribution is -0.00119. The molecule has 1 saturated carbocycles. The Morgan fingerprint density at radius 2 is 2.00 bits per heavy atom. The van der Waals surface area contributed by atoms with Crippen molar-refractivity contribution in [3.8, 4) is 0 Å². The maximum Gasteiger partial charge on any atom is 0.272 e. The smallest absolute Gasteiger partial charge is 0.272 e. The Morgan fingerprint density at radius 3 is 2.75 bits per heavy atom. The number of carbonyl (C=O) groups is 1. The van der Waals surface area contributed by atoms with E-state index in [0.717, 1.165) is 24.1 Å². The van der Waals surface area contributed by atoms with E-state index < -0.39 is 0 Å². The van der Waals surface area contributed by atoms with E-state index in [1.807, 2.05) is 35.0 Å². The van der Waals surface area contributed by atoms with E-state index in [0.29, 0.717) is 29.9 Å². The van der Waals surface area contributed by atoms with Crippen molar-refractivity contribution >= 4 is 17.5 Å². The summed E-state index contributed by atoms with van der Waals surface area (Å²) in [6.07, 6.45) is 4.46. The van der Waals surface area contributed by atoms with Crippen molar-refractivity contribution in [2.75, 3.05) is 0 Å². The lowest BCUT2D eigenvalue weighted by Crippen LogP contribution is -2.33. The molecule has 1 aromatic heterocycles. The van der Waals surface area contributed by atoms with Crippen molar-refractivity contribution in [1.82, 2.24) is 15.1 Å². The van der Waals surface area contributed by atoms with Crippen molar-refractivity contribution in [2.45, 2.75) is 51.0 Å². The van der Waals surface area contributed by atoms with Gasteiger partial charge in [0.15, 0.2) is 5.69 Å². The SMILES string of the molecule is O=C(NC1CCCC1)c1cc2n(n1)C[C@H](c1ccc(Cl)cc1)OC2. The molecule has 1 aliphatic carbocycles. The Hall–Kier alpha value is -1.85. The zero-order valence-electron chi connectivity index (χ0n) is 13.4. The van der Waals surface area contributed by atoms with Gasteiger partial charge in [0.2, 0.25) is 0 Å². The first-order valence-corrected chi connectivity index (χ1v) is 8.81. The molecular weight excluding hydrogens is 326 g/mol. The van der Waals surface area contributed by atoms with Crippen LogP contribution in [-0.4, -0.2) is 21.7 Å². The standard InChI is InChI=1S/C18H20ClN3O2/c19-13-7-5-12(6-8-13)17-10-22-15(11-24-17)9-16(21-22)18(23)20-14-3-1-2-4-14/h5-9,14,17H,1-4,10-11H2,(H,20,23)/t17-/m1/s1. The quantitative estimate of drug-likeness (QED) is 0.926. The van der Waals surface area contributed by atoms with Crippen LogP contribution in [-0.2, 0) is 17.9 Å². The molecule has 24 heavy (non-hydrogen) atoms. The third-order valence-corrected chi connectivity index (χ3v) is 5.05. The minimum absolute atomic E-state index is 0.0691. The van der Waals surface area contributed by atoms with Crippen LogP contribution in [0.1, 0.15) is 53.5 Å². The van der Waals surface area contributed by atoms with Gasteiger partial charge in [-0.1, -0.05) is 36.6 Å². The summed E-state index contributed by atoms with van der Waals surface area (Å²) in [5, 5.41) is 8.28. The highest BCUT2D eigenvalue weighted by molar-refractivity contribution is 6.30. The lowest BCUT2D eigenvalue weighted by Gasteiger charge is -2.24. The van der Waals surface area contributed by atoms with E-state index in [-0.39, 0.29) is 12.0 Å². The third-order valence-electron chi connectivity index (χ3n) is 4.80. The van der Waals surface area contributed by atoms with Crippen LogP contribution >= 0.6 is 11.6 Å². The number of nitrogens with zero attached hydrogens (tertiary/aromatic N) is 2. The second kappa shape index (κ2) is 6.57. The van der Waals surface area contributed by atoms with Crippen LogP contribution in [0.15, 0.2) is 30.3 Å². The maximum atomic E-state index is 12.4. The Labute approximate surface area is 145 Å². The van der Waals surface area contributed by atoms with E-state index in [1.54, 1.807) is 0 Å². The predicted octanol–water partition coefficient (Wildman–Crippen LogP) is 3.48. The molecule has 2 heterocycles. The van der Waals surface area contributed by atoms with Gasteiger partial charge in [0.25, 0.3) is 5.91 Å². The van der Waals surface area contributed by atoms with Gasteiger partial charge in [-0.05, 0) is 36.6 Å². The number of ether oxygens (including phenoxy) is 1. The Balaban J connectivity index is 1.47. The van der Waals surface area contributed by atoms with Gasteiger partial charge in [-0.25, -0.2) is 0 Å². The zero-order chi connectivity index (χ0) is 16.5. The molecule has 1 atom stereocenters. The van der Waals surface area contributed by atoms with E-state index >= 15 is 0 Å². The summed E-state index contributed by atoms with van der Waals surface area (Å²) in [4.78, 5) is 12.4. The largest absolute Gasteiger partial charge is 0.365 e. The predicted molar refractivity (Wildman–Crippen MR) is 90.9 cm³/mol. The van der Waals surface area contributed by atoms with Gasteiger partial charge < -0.3 is 10.1 Å². The van der Waals surface area contributed by atoms with Crippen LogP contribution in [0.2, 0.25) is 5.02 Å². The van der Waals surface area contributed by atoms with E-state index in [1.165, 1.54) is 12.8 Å². The van der Waals surface area contributed by atoms with Crippen molar-refractivity contribution in [2.24, 2.45) is 0 Å². The Bertz CT molecular complexity index is 735. The molecule has 0 radical (unpaired) electrons. The number of rotatable bonds is 3. The molecule has 0 spiro atoms. The van der Waals surface area contributed by atoms with E-state index in [2.05, 4.69) is 10.4 Å². The first-order valence-electron chi connectivity index (χ1n) is 8.44. The molecule has 1 amide bonds. The van der Waals surface area contributed by atoms with Crippen LogP contribution in [0.4, 0.5) is 0 Å². The van der Waals surface area contributed by atoms with Gasteiger partial charge in [-0.15, -0.1) is 0 Å². The van der Waals surface area contributed by atoms with Crippen LogP contribution < -0.4 is 5.32 Å². The topological polar surface area (TPSA) is 56.2 Å². The molecule has 0 bridgehead atoms. The summed E-state index contributed by atoms with van der Waals surface area (Å²) in [5.74, 6) is -0.0770. The molecule has 1 N–H and O–H groups in total. The number of nitrogens with one attached hydrogen (secondary N) is 1. The van der Waals surface area contributed by atoms with Crippen molar-refractivity contribution in [3.05, 3.63) is 52.3 Å². The normalized spacial score (nSPS) is 20.8. The number of carbonyl (C=O) groups excluding carboxylic acids is 1. The monoisotopic (exact) mass is 345 g/mol. The summed E-state index contributed by atoms with van der Waals surface area (Å²) < 4.78 is 7.80. The fourth-order valence-corrected chi connectivity index (χ4v) is 3.57. The maximum absolute atomic E-state index is 12.4. The molecule has 2 aromatic rings. The van der Waals surface area contributed by atoms with Crippen molar-refractivity contribution in [3.63, 3.8) is 0 Å². The molecule has 126 valence electrons. The van der Waals surface area contributed by atoms with Gasteiger partial charge in [-0.3, -0.25) is 9.48 Å². The number of hydrogen-bond acceptors (Lipinski definition) is 3. The summed E-state index contributed by atoms with van der Waals surface area (Å²) in [7, 11) is 0. The highest BCUT2D eigenvalue weighted by Gasteiger charge is 2.25. The minimum Gasteiger partial charge on any atom is -0.365 e. The highest BCUT2D eigenvalue weighted by atomic mass is 35.5. The highest BCUT2D eigenvalue weighted by Crippen LogP contribution is 2.27. The van der Waals surface area contributed by atoms with Crippen molar-refractivity contribution < 1.29 is 9.53 Å². The third kappa shape index (κ3) is 3.19. The average Bonchev–Trinajstić information content (AvgIpc) is 3.24. The summed E-state index contributed by atoms with van der Waals surface area (Å²) in [5.41, 5.74) is 2.49. The van der Waals surface area contributed by atoms with Gasteiger partial charge in [0.1, 0.15) is 6.10 Å². The van der Waals surface area contributed by atoms with Crippen molar-refractivity contribution in [1.29, 1.82) is 0 Å². The number of aromatic nitrogens is 2. The molecule has 0 saturated heterocycles. The number of amides is 1. The van der Waals surface area contributed by atoms with Crippen LogP contribution in [0, 0.1) is 0 Å². The summed E-state index contributed by atoms with van der Waals surface area (Å²) >= 11 is 5.94. The van der Waals surface area contributed by atoms with Crippen LogP contribution in [0.3, 0.4) is 0 Å². The second-order valence-electron chi connectivity index (χ2n) is 6.51. The molecule has 1 fully saturated rings. The van der Waals surface area contributed by atoms with Crippen LogP contribution in [0.5, 0.6) is 0 Å². The van der Waals surface area contributed by atoms with Gasteiger partial charge in [0, 0.05) is 11.1 Å². The molecule has 4 rings (SSSR count). The lowest BCUT2D eigenvalue weighted by atomic mass is 10.1. The molecular formula is C18H20ClN3O2. The molecule has 0 unspecified atom stereocenters. The van der Waals surface area contributed by atoms with Gasteiger partial charge in [0.05, 0.1) is 18.8 Å².